The summed E-state index contributed by atoms with van der Waals surface area (Å²) in [5.41, 5.74) is 5.15. The molecule has 7 rings (SSSR count). The largest absolute Gasteiger partial charge is 0.447 e. The maximum Gasteiger partial charge on any atom is 0.416 e. The highest BCUT2D eigenvalue weighted by atomic mass is 16.6. The fourth-order valence-corrected chi connectivity index (χ4v) is 7.75. The molecule has 5 aromatic carbocycles. The summed E-state index contributed by atoms with van der Waals surface area (Å²) in [5.74, 6) is -0.453. The maximum absolute atomic E-state index is 13.9. The van der Waals surface area contributed by atoms with E-state index in [1.54, 1.807) is 0 Å². The van der Waals surface area contributed by atoms with Gasteiger partial charge in [0.2, 0.25) is 5.91 Å². The number of hydrogen-bond acceptors (Lipinski definition) is 8. The van der Waals surface area contributed by atoms with Crippen molar-refractivity contribution in [3.8, 4) is 0 Å². The highest BCUT2D eigenvalue weighted by molar-refractivity contribution is 5.93. The molecule has 302 valence electrons. The Bertz CT molecular complexity index is 1970. The van der Waals surface area contributed by atoms with E-state index in [0.29, 0.717) is 39.3 Å². The highest BCUT2D eigenvalue weighted by Gasteiger charge is 2.49. The first-order valence-electron chi connectivity index (χ1n) is 20.3. The molecule has 0 aromatic heterocycles. The molecule has 0 saturated carbocycles. The van der Waals surface area contributed by atoms with E-state index in [1.165, 1.54) is 4.90 Å². The Kier molecular flexibility index (Phi) is 14.9. The number of amides is 2. The van der Waals surface area contributed by atoms with Crippen LogP contribution in [-0.4, -0.2) is 66.7 Å². The van der Waals surface area contributed by atoms with Crippen LogP contribution >= 0.6 is 0 Å². The van der Waals surface area contributed by atoms with E-state index >= 15 is 0 Å². The zero-order valence-corrected chi connectivity index (χ0v) is 33.1. The number of ether oxygens (including phenoxy) is 6. The van der Waals surface area contributed by atoms with Gasteiger partial charge >= 0.3 is 6.09 Å². The third-order valence-corrected chi connectivity index (χ3v) is 10.7. The summed E-state index contributed by atoms with van der Waals surface area (Å²) in [6.45, 7) is 3.83. The minimum Gasteiger partial charge on any atom is -0.447 e. The smallest absolute Gasteiger partial charge is 0.416 e. The van der Waals surface area contributed by atoms with E-state index in [9.17, 15) is 9.59 Å². The molecule has 2 saturated heterocycles. The first kappa shape index (κ1) is 41.0. The number of rotatable bonds is 19. The average molecular weight is 784 g/mol. The lowest BCUT2D eigenvalue weighted by molar-refractivity contribution is -0.275. The predicted octanol–water partition coefficient (Wildman–Crippen LogP) is 8.73. The predicted molar refractivity (Wildman–Crippen MR) is 220 cm³/mol. The van der Waals surface area contributed by atoms with Gasteiger partial charge in [0.25, 0.3) is 0 Å². The summed E-state index contributed by atoms with van der Waals surface area (Å²) in [4.78, 5) is 28.2. The summed E-state index contributed by atoms with van der Waals surface area (Å²) in [7, 11) is 0. The lowest BCUT2D eigenvalue weighted by Gasteiger charge is -2.47. The van der Waals surface area contributed by atoms with E-state index in [0.717, 1.165) is 27.8 Å². The highest BCUT2D eigenvalue weighted by Crippen LogP contribution is 2.34. The Morgan fingerprint density at radius 2 is 1.03 bits per heavy atom. The van der Waals surface area contributed by atoms with Crippen LogP contribution in [0.2, 0.25) is 0 Å². The van der Waals surface area contributed by atoms with Gasteiger partial charge in [-0.3, -0.25) is 4.79 Å². The molecule has 0 bridgehead atoms. The molecule has 9 heteroatoms. The second kappa shape index (κ2) is 21.0. The SMILES string of the molecule is C[C@H](CC(=O)N1C(=O)OC[C@H]1Cc1ccccc1)C[C@@H]1O[C@H](COCc2ccccc2)[C@H](OCc2ccccc2)[C@H](OCc2ccccc2)[C@H]1OCc1ccccc1. The quantitative estimate of drug-likeness (QED) is 0.0822. The third kappa shape index (κ3) is 11.5. The summed E-state index contributed by atoms with van der Waals surface area (Å²) < 4.78 is 39.4. The van der Waals surface area contributed by atoms with Crippen molar-refractivity contribution in [1.29, 1.82) is 0 Å². The van der Waals surface area contributed by atoms with Crippen molar-refractivity contribution in [2.75, 3.05) is 13.2 Å². The lowest BCUT2D eigenvalue weighted by Crippen LogP contribution is -2.61. The van der Waals surface area contributed by atoms with Crippen molar-refractivity contribution in [1.82, 2.24) is 4.90 Å². The van der Waals surface area contributed by atoms with Crippen LogP contribution in [0.1, 0.15) is 47.6 Å². The van der Waals surface area contributed by atoms with Gasteiger partial charge in [-0.15, -0.1) is 0 Å². The summed E-state index contributed by atoms with van der Waals surface area (Å²) in [5, 5.41) is 0. The van der Waals surface area contributed by atoms with Gasteiger partial charge in [0.05, 0.1) is 45.2 Å². The number of carbonyl (C=O) groups excluding carboxylic acids is 2. The molecule has 2 heterocycles. The molecule has 0 spiro atoms. The van der Waals surface area contributed by atoms with Crippen LogP contribution in [0.5, 0.6) is 0 Å². The summed E-state index contributed by atoms with van der Waals surface area (Å²) in [6.07, 6.45) is -2.21. The molecule has 0 radical (unpaired) electrons. The van der Waals surface area contributed by atoms with E-state index in [4.69, 9.17) is 28.4 Å². The second-order valence-corrected chi connectivity index (χ2v) is 15.2. The van der Waals surface area contributed by atoms with Gasteiger partial charge in [-0.05, 0) is 46.6 Å². The molecule has 0 N–H and O–H groups in total. The second-order valence-electron chi connectivity index (χ2n) is 15.2. The Morgan fingerprint density at radius 3 is 1.53 bits per heavy atom. The lowest BCUT2D eigenvalue weighted by atomic mass is 9.88. The topological polar surface area (TPSA) is 92.8 Å². The molecular weight excluding hydrogens is 731 g/mol. The van der Waals surface area contributed by atoms with Crippen LogP contribution in [0.25, 0.3) is 0 Å². The maximum atomic E-state index is 13.9. The van der Waals surface area contributed by atoms with E-state index in [1.807, 2.05) is 159 Å². The molecule has 2 fully saturated rings. The van der Waals surface area contributed by atoms with Crippen LogP contribution in [0, 0.1) is 5.92 Å². The standard InChI is InChI=1S/C49H53NO8/c1-36(28-45(51)50-42(34-57-49(50)52)29-37-17-7-2-8-18-37)27-43-46(54-31-39-21-11-4-12-22-39)48(56-33-41-25-15-6-16-26-41)47(55-32-40-23-13-5-14-24-40)44(58-43)35-53-30-38-19-9-3-10-20-38/h2-26,36,42-44,46-48H,27-35H2,1H3/t36-,42+,43-,44+,46-,47-,48+/m0/s1. The Balaban J connectivity index is 1.15. The number of carbonyl (C=O) groups is 2. The minimum atomic E-state index is -0.598. The Hall–Kier alpha value is -5.16. The molecule has 0 unspecified atom stereocenters. The molecule has 2 amide bonds. The first-order chi connectivity index (χ1) is 28.5. The van der Waals surface area contributed by atoms with Gasteiger partial charge in [-0.25, -0.2) is 9.69 Å². The fraction of sp³-hybridized carbons (Fsp3) is 0.347. The first-order valence-corrected chi connectivity index (χ1v) is 20.3. The van der Waals surface area contributed by atoms with E-state index in [-0.39, 0.29) is 37.5 Å². The summed E-state index contributed by atoms with van der Waals surface area (Å²) in [6, 6.07) is 49.7. The van der Waals surface area contributed by atoms with Gasteiger partial charge in [0, 0.05) is 6.42 Å². The van der Waals surface area contributed by atoms with Crippen LogP contribution in [0.3, 0.4) is 0 Å². The molecule has 7 atom stereocenters. The molecule has 9 nitrogen and oxygen atoms in total. The minimum absolute atomic E-state index is 0.129. The normalized spacial score (nSPS) is 22.4. The number of nitrogens with zero attached hydrogens (tertiary/aromatic N) is 1. The molecule has 2 aliphatic heterocycles. The molecule has 5 aromatic rings. The van der Waals surface area contributed by atoms with Gasteiger partial charge < -0.3 is 28.4 Å². The number of benzene rings is 5. The fourth-order valence-electron chi connectivity index (χ4n) is 7.75. The molecule has 0 aliphatic carbocycles. The van der Waals surface area contributed by atoms with Crippen LogP contribution < -0.4 is 0 Å². The van der Waals surface area contributed by atoms with Crippen LogP contribution in [0.4, 0.5) is 4.79 Å². The van der Waals surface area contributed by atoms with E-state index < -0.39 is 36.6 Å². The van der Waals surface area contributed by atoms with Gasteiger partial charge in [0.1, 0.15) is 31.0 Å². The van der Waals surface area contributed by atoms with Crippen molar-refractivity contribution >= 4 is 12.0 Å². The van der Waals surface area contributed by atoms with Crippen molar-refractivity contribution in [3.05, 3.63) is 179 Å². The molecular formula is C49H53NO8. The number of cyclic esters (lactones) is 1. The Labute approximate surface area is 341 Å². The van der Waals surface area contributed by atoms with E-state index in [2.05, 4.69) is 0 Å². The zero-order chi connectivity index (χ0) is 39.9. The Morgan fingerprint density at radius 1 is 0.603 bits per heavy atom. The van der Waals surface area contributed by atoms with Gasteiger partial charge in [0.15, 0.2) is 0 Å². The van der Waals surface area contributed by atoms with Crippen LogP contribution in [-0.2, 0) is 66.1 Å². The van der Waals surface area contributed by atoms with Crippen molar-refractivity contribution < 1.29 is 38.0 Å². The van der Waals surface area contributed by atoms with Gasteiger partial charge in [-0.2, -0.15) is 0 Å². The molecule has 2 aliphatic rings. The van der Waals surface area contributed by atoms with Crippen molar-refractivity contribution in [3.63, 3.8) is 0 Å². The monoisotopic (exact) mass is 783 g/mol. The zero-order valence-electron chi connectivity index (χ0n) is 33.1. The molecule has 58 heavy (non-hydrogen) atoms. The van der Waals surface area contributed by atoms with Crippen molar-refractivity contribution in [2.45, 2.75) is 89.2 Å². The third-order valence-electron chi connectivity index (χ3n) is 10.7. The summed E-state index contributed by atoms with van der Waals surface area (Å²) >= 11 is 0. The average Bonchev–Trinajstić information content (AvgIpc) is 3.63. The van der Waals surface area contributed by atoms with Crippen molar-refractivity contribution in [2.24, 2.45) is 5.92 Å². The van der Waals surface area contributed by atoms with Gasteiger partial charge in [-0.1, -0.05) is 159 Å². The number of hydrogen-bond donors (Lipinski definition) is 0. The van der Waals surface area contributed by atoms with Crippen LogP contribution in [0.15, 0.2) is 152 Å². The number of imide groups is 1.